The van der Waals surface area contributed by atoms with Gasteiger partial charge in [0.15, 0.2) is 0 Å². The quantitative estimate of drug-likeness (QED) is 0.687. The molecule has 1 unspecified atom stereocenters. The fraction of sp³-hybridized carbons (Fsp3) is 0.941. The number of hydrogen-bond acceptors (Lipinski definition) is 3. The Kier molecular flexibility index (Phi) is 7.67. The molecule has 0 radical (unpaired) electrons. The number of piperidine rings is 1. The first-order chi connectivity index (χ1) is 9.95. The number of rotatable bonds is 9. The molecule has 0 aromatic heterocycles. The summed E-state index contributed by atoms with van der Waals surface area (Å²) in [5.74, 6) is 0.961. The first kappa shape index (κ1) is 18.4. The number of aliphatic carboxylic acids is 1. The van der Waals surface area contributed by atoms with Crippen molar-refractivity contribution in [3.05, 3.63) is 0 Å². The van der Waals surface area contributed by atoms with Crippen LogP contribution in [0.5, 0.6) is 0 Å². The van der Waals surface area contributed by atoms with Crippen LogP contribution in [0, 0.1) is 11.8 Å². The van der Waals surface area contributed by atoms with Crippen LogP contribution in [-0.2, 0) is 4.79 Å². The van der Waals surface area contributed by atoms with Crippen LogP contribution in [0.4, 0.5) is 0 Å². The van der Waals surface area contributed by atoms with E-state index in [4.69, 9.17) is 0 Å². The predicted molar refractivity (Wildman–Crippen MR) is 87.6 cm³/mol. The van der Waals surface area contributed by atoms with Gasteiger partial charge in [-0.25, -0.2) is 0 Å². The second kappa shape index (κ2) is 8.74. The van der Waals surface area contributed by atoms with Crippen LogP contribution in [0.3, 0.4) is 0 Å². The molecule has 1 fully saturated rings. The lowest BCUT2D eigenvalue weighted by atomic mass is 9.86. The van der Waals surface area contributed by atoms with Crippen LogP contribution in [0.25, 0.3) is 0 Å². The lowest BCUT2D eigenvalue weighted by Crippen LogP contribution is -2.52. The van der Waals surface area contributed by atoms with Crippen molar-refractivity contribution in [3.63, 3.8) is 0 Å². The van der Waals surface area contributed by atoms with Gasteiger partial charge in [-0.2, -0.15) is 0 Å². The number of hydrogen-bond donors (Lipinski definition) is 2. The molecule has 4 nitrogen and oxygen atoms in total. The Morgan fingerprint density at radius 2 is 1.95 bits per heavy atom. The third-order valence-electron chi connectivity index (χ3n) is 5.18. The van der Waals surface area contributed by atoms with Crippen molar-refractivity contribution in [2.45, 2.75) is 65.3 Å². The van der Waals surface area contributed by atoms with Crippen molar-refractivity contribution >= 4 is 5.97 Å². The summed E-state index contributed by atoms with van der Waals surface area (Å²) in [5.41, 5.74) is -0.731. The normalized spacial score (nSPS) is 20.6. The van der Waals surface area contributed by atoms with Gasteiger partial charge in [-0.05, 0) is 70.1 Å². The number of nitrogens with one attached hydrogen (secondary N) is 1. The predicted octanol–water partition coefficient (Wildman–Crippen LogP) is 2.98. The monoisotopic (exact) mass is 298 g/mol. The maximum atomic E-state index is 11.6. The van der Waals surface area contributed by atoms with Crippen LogP contribution in [0.15, 0.2) is 0 Å². The van der Waals surface area contributed by atoms with Crippen LogP contribution in [0.2, 0.25) is 0 Å². The van der Waals surface area contributed by atoms with Gasteiger partial charge in [0, 0.05) is 0 Å². The van der Waals surface area contributed by atoms with E-state index in [1.165, 1.54) is 25.9 Å². The van der Waals surface area contributed by atoms with Gasteiger partial charge in [-0.15, -0.1) is 0 Å². The Labute approximate surface area is 130 Å². The third kappa shape index (κ3) is 5.26. The van der Waals surface area contributed by atoms with E-state index in [1.807, 2.05) is 13.8 Å². The number of likely N-dealkylation sites (N-methyl/N-ethyl adjacent to an activating group) is 1. The van der Waals surface area contributed by atoms with Crippen molar-refractivity contribution in [3.8, 4) is 0 Å². The summed E-state index contributed by atoms with van der Waals surface area (Å²) in [4.78, 5) is 14.1. The van der Waals surface area contributed by atoms with E-state index in [1.54, 1.807) is 0 Å². The van der Waals surface area contributed by atoms with E-state index >= 15 is 0 Å². The van der Waals surface area contributed by atoms with Crippen molar-refractivity contribution in [1.82, 2.24) is 10.2 Å². The lowest BCUT2D eigenvalue weighted by molar-refractivity contribution is -0.145. The summed E-state index contributed by atoms with van der Waals surface area (Å²) in [6.07, 6.45) is 4.91. The summed E-state index contributed by atoms with van der Waals surface area (Å²) in [6.45, 7) is 12.7. The summed E-state index contributed by atoms with van der Waals surface area (Å²) in [6, 6.07) is 0. The highest BCUT2D eigenvalue weighted by molar-refractivity contribution is 5.78. The molecule has 1 rings (SSSR count). The van der Waals surface area contributed by atoms with Gasteiger partial charge in [-0.3, -0.25) is 4.79 Å². The molecule has 124 valence electrons. The van der Waals surface area contributed by atoms with E-state index in [0.717, 1.165) is 31.2 Å². The summed E-state index contributed by atoms with van der Waals surface area (Å²) >= 11 is 0. The molecule has 0 aliphatic carbocycles. The molecule has 1 atom stereocenters. The van der Waals surface area contributed by atoms with Crippen molar-refractivity contribution < 1.29 is 9.90 Å². The Morgan fingerprint density at radius 3 is 2.38 bits per heavy atom. The van der Waals surface area contributed by atoms with Crippen molar-refractivity contribution in [2.75, 3.05) is 26.2 Å². The highest BCUT2D eigenvalue weighted by Crippen LogP contribution is 2.25. The standard InChI is InChI=1S/C17H34N2O2/c1-5-17(16(20)21,18-6-2)10-7-11-19-12-8-15(9-13-19)14(3)4/h14-15,18H,5-13H2,1-4H3,(H,20,21). The number of carboxylic acids is 1. The van der Waals surface area contributed by atoms with Gasteiger partial charge in [0.2, 0.25) is 0 Å². The number of likely N-dealkylation sites (tertiary alicyclic amines) is 1. The fourth-order valence-corrected chi connectivity index (χ4v) is 3.51. The van der Waals surface area contributed by atoms with Crippen LogP contribution >= 0.6 is 0 Å². The molecule has 0 aromatic carbocycles. The molecular formula is C17H34N2O2. The molecule has 2 N–H and O–H groups in total. The lowest BCUT2D eigenvalue weighted by Gasteiger charge is -2.35. The van der Waals surface area contributed by atoms with E-state index in [-0.39, 0.29) is 0 Å². The van der Waals surface area contributed by atoms with Gasteiger partial charge in [0.05, 0.1) is 0 Å². The molecule has 0 amide bonds. The van der Waals surface area contributed by atoms with Crippen molar-refractivity contribution in [1.29, 1.82) is 0 Å². The molecule has 0 spiro atoms. The fourth-order valence-electron chi connectivity index (χ4n) is 3.51. The Hall–Kier alpha value is -0.610. The minimum absolute atomic E-state index is 0.644. The highest BCUT2D eigenvalue weighted by atomic mass is 16.4. The number of carboxylic acid groups (broad SMARTS) is 1. The molecule has 4 heteroatoms. The van der Waals surface area contributed by atoms with E-state index in [9.17, 15) is 9.90 Å². The first-order valence-corrected chi connectivity index (χ1v) is 8.66. The SMILES string of the molecule is CCNC(CC)(CCCN1CCC(C(C)C)CC1)C(=O)O. The Balaban J connectivity index is 2.37. The van der Waals surface area contributed by atoms with Crippen LogP contribution in [-0.4, -0.2) is 47.7 Å². The van der Waals surface area contributed by atoms with Gasteiger partial charge in [0.25, 0.3) is 0 Å². The highest BCUT2D eigenvalue weighted by Gasteiger charge is 2.35. The Bertz CT molecular complexity index is 312. The zero-order valence-corrected chi connectivity index (χ0v) is 14.3. The summed E-state index contributed by atoms with van der Waals surface area (Å²) in [7, 11) is 0. The smallest absolute Gasteiger partial charge is 0.323 e. The molecule has 0 aromatic rings. The van der Waals surface area contributed by atoms with Crippen LogP contribution in [0.1, 0.15) is 59.8 Å². The summed E-state index contributed by atoms with van der Waals surface area (Å²) < 4.78 is 0. The maximum Gasteiger partial charge on any atom is 0.323 e. The third-order valence-corrected chi connectivity index (χ3v) is 5.18. The average molecular weight is 298 g/mol. The van der Waals surface area contributed by atoms with Crippen LogP contribution < -0.4 is 5.32 Å². The second-order valence-electron chi connectivity index (χ2n) is 6.80. The Morgan fingerprint density at radius 1 is 1.33 bits per heavy atom. The summed E-state index contributed by atoms with van der Waals surface area (Å²) in [5, 5.41) is 12.7. The minimum Gasteiger partial charge on any atom is -0.480 e. The second-order valence-corrected chi connectivity index (χ2v) is 6.80. The zero-order chi connectivity index (χ0) is 15.9. The molecule has 1 saturated heterocycles. The first-order valence-electron chi connectivity index (χ1n) is 8.66. The van der Waals surface area contributed by atoms with Crippen molar-refractivity contribution in [2.24, 2.45) is 11.8 Å². The number of carbonyl (C=O) groups is 1. The van der Waals surface area contributed by atoms with E-state index in [0.29, 0.717) is 13.0 Å². The topological polar surface area (TPSA) is 52.6 Å². The van der Waals surface area contributed by atoms with Gasteiger partial charge in [-0.1, -0.05) is 27.7 Å². The molecule has 1 heterocycles. The van der Waals surface area contributed by atoms with Gasteiger partial charge < -0.3 is 15.3 Å². The molecule has 1 aliphatic heterocycles. The molecular weight excluding hydrogens is 264 g/mol. The molecule has 0 bridgehead atoms. The minimum atomic E-state index is -0.731. The maximum absolute atomic E-state index is 11.6. The molecule has 1 aliphatic rings. The van der Waals surface area contributed by atoms with E-state index < -0.39 is 11.5 Å². The van der Waals surface area contributed by atoms with Gasteiger partial charge >= 0.3 is 5.97 Å². The largest absolute Gasteiger partial charge is 0.480 e. The molecule has 0 saturated carbocycles. The molecule has 21 heavy (non-hydrogen) atoms. The zero-order valence-electron chi connectivity index (χ0n) is 14.3. The average Bonchev–Trinajstić information content (AvgIpc) is 2.46. The number of nitrogens with zero attached hydrogens (tertiary/aromatic N) is 1. The van der Waals surface area contributed by atoms with E-state index in [2.05, 4.69) is 24.1 Å². The van der Waals surface area contributed by atoms with Gasteiger partial charge in [0.1, 0.15) is 5.54 Å².